The van der Waals surface area contributed by atoms with E-state index in [-0.39, 0.29) is 6.04 Å². The first-order valence-electron chi connectivity index (χ1n) is 6.36. The van der Waals surface area contributed by atoms with Crippen molar-refractivity contribution in [2.45, 2.75) is 52.7 Å². The Morgan fingerprint density at radius 3 is 2.67 bits per heavy atom. The van der Waals surface area contributed by atoms with Gasteiger partial charge in [-0.25, -0.2) is 0 Å². The molecule has 0 N–H and O–H groups in total. The molecule has 0 radical (unpaired) electrons. The zero-order valence-electron chi connectivity index (χ0n) is 11.6. The molecule has 4 nitrogen and oxygen atoms in total. The summed E-state index contributed by atoms with van der Waals surface area (Å²) >= 11 is 3.64. The minimum Gasteiger partial charge on any atom is -0.297 e. The standard InChI is InChI=1S/C13H21BrN4/c1-5-11-13(14)12(18(6-2)16-11)9-17(4)10(3)7-8-15/h10H,5-7,9H2,1-4H3. The number of hydrogen-bond acceptors (Lipinski definition) is 3. The molecule has 0 aliphatic carbocycles. The zero-order valence-corrected chi connectivity index (χ0v) is 13.2. The molecule has 1 heterocycles. The fourth-order valence-electron chi connectivity index (χ4n) is 1.85. The highest BCUT2D eigenvalue weighted by molar-refractivity contribution is 9.10. The van der Waals surface area contributed by atoms with Crippen LogP contribution in [0.4, 0.5) is 0 Å². The van der Waals surface area contributed by atoms with Gasteiger partial charge in [0.15, 0.2) is 0 Å². The number of aromatic nitrogens is 2. The van der Waals surface area contributed by atoms with Crippen molar-refractivity contribution in [3.8, 4) is 6.07 Å². The predicted octanol–water partition coefficient (Wildman–Crippen LogP) is 2.96. The van der Waals surface area contributed by atoms with Gasteiger partial charge in [0.25, 0.3) is 0 Å². The van der Waals surface area contributed by atoms with Crippen molar-refractivity contribution in [2.75, 3.05) is 7.05 Å². The summed E-state index contributed by atoms with van der Waals surface area (Å²) < 4.78 is 3.15. The van der Waals surface area contributed by atoms with E-state index < -0.39 is 0 Å². The van der Waals surface area contributed by atoms with Crippen LogP contribution in [0.25, 0.3) is 0 Å². The van der Waals surface area contributed by atoms with Crippen LogP contribution in [0.5, 0.6) is 0 Å². The van der Waals surface area contributed by atoms with E-state index in [4.69, 9.17) is 5.26 Å². The SMILES string of the molecule is CCc1nn(CC)c(CN(C)C(C)CC#N)c1Br. The van der Waals surface area contributed by atoms with Crippen LogP contribution in [0.1, 0.15) is 38.6 Å². The molecule has 1 rings (SSSR count). The first kappa shape index (κ1) is 15.2. The number of halogens is 1. The molecule has 18 heavy (non-hydrogen) atoms. The summed E-state index contributed by atoms with van der Waals surface area (Å²) in [6.07, 6.45) is 1.48. The smallest absolute Gasteiger partial charge is 0.0767 e. The molecule has 1 aromatic heterocycles. The first-order chi connectivity index (χ1) is 8.54. The third-order valence-electron chi connectivity index (χ3n) is 3.23. The van der Waals surface area contributed by atoms with Crippen LogP contribution in [0.3, 0.4) is 0 Å². The largest absolute Gasteiger partial charge is 0.297 e. The maximum absolute atomic E-state index is 8.75. The van der Waals surface area contributed by atoms with Crippen molar-refractivity contribution >= 4 is 15.9 Å². The van der Waals surface area contributed by atoms with E-state index in [1.165, 1.54) is 5.69 Å². The molecule has 0 aromatic carbocycles. The van der Waals surface area contributed by atoms with Gasteiger partial charge in [0.1, 0.15) is 0 Å². The third-order valence-corrected chi connectivity index (χ3v) is 4.15. The fraction of sp³-hybridized carbons (Fsp3) is 0.692. The molecule has 1 aromatic rings. The molecule has 0 aliphatic heterocycles. The van der Waals surface area contributed by atoms with Gasteiger partial charge in [-0.15, -0.1) is 0 Å². The highest BCUT2D eigenvalue weighted by Crippen LogP contribution is 2.24. The summed E-state index contributed by atoms with van der Waals surface area (Å²) in [4.78, 5) is 2.19. The van der Waals surface area contributed by atoms with Gasteiger partial charge in [0.2, 0.25) is 0 Å². The Balaban J connectivity index is 2.89. The summed E-state index contributed by atoms with van der Waals surface area (Å²) in [5.41, 5.74) is 2.30. The second-order valence-corrected chi connectivity index (χ2v) is 5.30. The molecule has 0 saturated carbocycles. The first-order valence-corrected chi connectivity index (χ1v) is 7.15. The number of nitrogens with zero attached hydrogens (tertiary/aromatic N) is 4. The number of rotatable bonds is 6. The van der Waals surface area contributed by atoms with Crippen LogP contribution in [-0.2, 0) is 19.5 Å². The molecular weight excluding hydrogens is 292 g/mol. The molecule has 0 bridgehead atoms. The lowest BCUT2D eigenvalue weighted by Gasteiger charge is -2.23. The summed E-state index contributed by atoms with van der Waals surface area (Å²) in [7, 11) is 2.05. The predicted molar refractivity (Wildman–Crippen MR) is 76.1 cm³/mol. The van der Waals surface area contributed by atoms with Crippen molar-refractivity contribution in [3.63, 3.8) is 0 Å². The Morgan fingerprint density at radius 1 is 1.50 bits per heavy atom. The van der Waals surface area contributed by atoms with E-state index in [0.29, 0.717) is 6.42 Å². The molecule has 0 amide bonds. The molecule has 100 valence electrons. The summed E-state index contributed by atoms with van der Waals surface area (Å²) in [5, 5.41) is 13.3. The monoisotopic (exact) mass is 312 g/mol. The van der Waals surface area contributed by atoms with Gasteiger partial charge in [-0.3, -0.25) is 9.58 Å². The van der Waals surface area contributed by atoms with Crippen LogP contribution in [0, 0.1) is 11.3 Å². The molecule has 5 heteroatoms. The summed E-state index contributed by atoms with van der Waals surface area (Å²) in [5.74, 6) is 0. The van der Waals surface area contributed by atoms with Gasteiger partial charge in [0.05, 0.1) is 28.4 Å². The van der Waals surface area contributed by atoms with Gasteiger partial charge in [-0.2, -0.15) is 10.4 Å². The second kappa shape index (κ2) is 6.91. The van der Waals surface area contributed by atoms with Gasteiger partial charge in [-0.1, -0.05) is 6.92 Å². The maximum Gasteiger partial charge on any atom is 0.0767 e. The zero-order chi connectivity index (χ0) is 13.7. The van der Waals surface area contributed by atoms with Crippen LogP contribution in [0.15, 0.2) is 4.47 Å². The van der Waals surface area contributed by atoms with Gasteiger partial charge < -0.3 is 0 Å². The number of aryl methyl sites for hydroxylation is 2. The van der Waals surface area contributed by atoms with Gasteiger partial charge >= 0.3 is 0 Å². The molecular formula is C13H21BrN4. The molecule has 1 atom stereocenters. The van der Waals surface area contributed by atoms with Crippen LogP contribution in [0.2, 0.25) is 0 Å². The third kappa shape index (κ3) is 3.33. The lowest BCUT2D eigenvalue weighted by atomic mass is 10.2. The minimum absolute atomic E-state index is 0.257. The number of nitriles is 1. The topological polar surface area (TPSA) is 44.9 Å². The Kier molecular flexibility index (Phi) is 5.83. The Labute approximate surface area is 118 Å². The molecule has 0 aliphatic rings. The van der Waals surface area contributed by atoms with Crippen molar-refractivity contribution in [1.29, 1.82) is 5.26 Å². The summed E-state index contributed by atoms with van der Waals surface area (Å²) in [6.45, 7) is 7.96. The van der Waals surface area contributed by atoms with Crippen molar-refractivity contribution in [2.24, 2.45) is 0 Å². The maximum atomic E-state index is 8.75. The minimum atomic E-state index is 0.257. The lowest BCUT2D eigenvalue weighted by molar-refractivity contribution is 0.244. The van der Waals surface area contributed by atoms with E-state index >= 15 is 0 Å². The average molecular weight is 313 g/mol. The highest BCUT2D eigenvalue weighted by atomic mass is 79.9. The number of hydrogen-bond donors (Lipinski definition) is 0. The van der Waals surface area contributed by atoms with Crippen LogP contribution < -0.4 is 0 Å². The second-order valence-electron chi connectivity index (χ2n) is 4.50. The van der Waals surface area contributed by atoms with Gasteiger partial charge in [-0.05, 0) is 43.2 Å². The Bertz CT molecular complexity index is 433. The van der Waals surface area contributed by atoms with E-state index in [1.54, 1.807) is 0 Å². The van der Waals surface area contributed by atoms with E-state index in [0.717, 1.165) is 29.7 Å². The van der Waals surface area contributed by atoms with Gasteiger partial charge in [0, 0.05) is 19.1 Å². The quantitative estimate of drug-likeness (QED) is 0.811. The van der Waals surface area contributed by atoms with Crippen molar-refractivity contribution in [3.05, 3.63) is 15.9 Å². The van der Waals surface area contributed by atoms with Crippen molar-refractivity contribution < 1.29 is 0 Å². The highest BCUT2D eigenvalue weighted by Gasteiger charge is 2.17. The molecule has 0 spiro atoms. The molecule has 0 saturated heterocycles. The summed E-state index contributed by atoms with van der Waals surface area (Å²) in [6, 6.07) is 2.47. The van der Waals surface area contributed by atoms with Crippen LogP contribution >= 0.6 is 15.9 Å². The van der Waals surface area contributed by atoms with E-state index in [9.17, 15) is 0 Å². The normalized spacial score (nSPS) is 12.7. The Morgan fingerprint density at radius 2 is 2.17 bits per heavy atom. The molecule has 0 fully saturated rings. The van der Waals surface area contributed by atoms with E-state index in [2.05, 4.69) is 52.8 Å². The van der Waals surface area contributed by atoms with E-state index in [1.807, 2.05) is 11.7 Å². The Hall–Kier alpha value is -0.860. The van der Waals surface area contributed by atoms with Crippen LogP contribution in [-0.4, -0.2) is 27.8 Å². The fourth-order valence-corrected chi connectivity index (χ4v) is 2.54. The van der Waals surface area contributed by atoms with Crippen molar-refractivity contribution in [1.82, 2.24) is 14.7 Å². The lowest BCUT2D eigenvalue weighted by Crippen LogP contribution is -2.29. The average Bonchev–Trinajstić information content (AvgIpc) is 2.66. The molecule has 1 unspecified atom stereocenters.